The second-order valence-electron chi connectivity index (χ2n) is 7.19. The maximum Gasteiger partial charge on any atom is 0.307 e. The predicted molar refractivity (Wildman–Crippen MR) is 121 cm³/mol. The van der Waals surface area contributed by atoms with Gasteiger partial charge in [0.25, 0.3) is 5.91 Å². The molecule has 0 saturated carbocycles. The van der Waals surface area contributed by atoms with E-state index < -0.39 is 11.8 Å². The lowest BCUT2D eigenvalue weighted by molar-refractivity contribution is -0.136. The molecule has 8 heteroatoms. The molecule has 0 unspecified atom stereocenters. The van der Waals surface area contributed by atoms with Gasteiger partial charge in [-0.2, -0.15) is 0 Å². The van der Waals surface area contributed by atoms with Gasteiger partial charge >= 0.3 is 5.97 Å². The van der Waals surface area contributed by atoms with Crippen molar-refractivity contribution in [3.05, 3.63) is 83.0 Å². The van der Waals surface area contributed by atoms with E-state index in [0.29, 0.717) is 27.1 Å². The third-order valence-electron chi connectivity index (χ3n) is 4.92. The van der Waals surface area contributed by atoms with Crippen molar-refractivity contribution in [1.29, 1.82) is 0 Å². The summed E-state index contributed by atoms with van der Waals surface area (Å²) in [5.41, 5.74) is 2.00. The molecule has 0 spiro atoms. The van der Waals surface area contributed by atoms with E-state index in [0.717, 1.165) is 10.1 Å². The van der Waals surface area contributed by atoms with Gasteiger partial charge in [-0.15, -0.1) is 11.3 Å². The van der Waals surface area contributed by atoms with Gasteiger partial charge in [0.15, 0.2) is 5.58 Å². The molecule has 0 aliphatic rings. The Hall–Kier alpha value is -4.04. The zero-order chi connectivity index (χ0) is 22.2. The number of fused-ring (bicyclic) bond motifs is 2. The van der Waals surface area contributed by atoms with Gasteiger partial charge in [-0.05, 0) is 53.4 Å². The highest BCUT2D eigenvalue weighted by Crippen LogP contribution is 2.29. The number of amides is 1. The number of benzene rings is 3. The Morgan fingerprint density at radius 3 is 2.69 bits per heavy atom. The number of hydrogen-bond acceptors (Lipinski definition) is 5. The highest BCUT2D eigenvalue weighted by Gasteiger charge is 2.15. The number of carboxylic acid groups (broad SMARTS) is 1. The molecule has 0 fully saturated rings. The molecular formula is C24H15FN2O4S. The number of nitrogens with zero attached hydrogens (tertiary/aromatic N) is 1. The first-order chi connectivity index (χ1) is 15.5. The van der Waals surface area contributed by atoms with Gasteiger partial charge in [-0.1, -0.05) is 24.3 Å². The largest absolute Gasteiger partial charge is 0.481 e. The van der Waals surface area contributed by atoms with Crippen LogP contribution in [0.2, 0.25) is 0 Å². The first-order valence-corrected chi connectivity index (χ1v) is 10.5. The van der Waals surface area contributed by atoms with Crippen LogP contribution >= 0.6 is 11.3 Å². The zero-order valence-corrected chi connectivity index (χ0v) is 17.3. The van der Waals surface area contributed by atoms with Crippen LogP contribution in [0.4, 0.5) is 10.1 Å². The summed E-state index contributed by atoms with van der Waals surface area (Å²) < 4.78 is 21.4. The highest BCUT2D eigenvalue weighted by molar-refractivity contribution is 7.20. The second kappa shape index (κ2) is 7.90. The summed E-state index contributed by atoms with van der Waals surface area (Å²) in [6, 6.07) is 18.6. The molecule has 158 valence electrons. The van der Waals surface area contributed by atoms with Crippen LogP contribution in [0.15, 0.2) is 71.1 Å². The molecule has 2 aromatic heterocycles. The van der Waals surface area contributed by atoms with Crippen molar-refractivity contribution in [2.75, 3.05) is 5.32 Å². The van der Waals surface area contributed by atoms with Crippen molar-refractivity contribution in [3.8, 4) is 11.5 Å². The van der Waals surface area contributed by atoms with Crippen molar-refractivity contribution >= 4 is 50.1 Å². The summed E-state index contributed by atoms with van der Waals surface area (Å²) in [7, 11) is 0. The molecule has 2 N–H and O–H groups in total. The summed E-state index contributed by atoms with van der Waals surface area (Å²) in [5.74, 6) is -1.74. The number of halogens is 1. The molecule has 0 aliphatic heterocycles. The molecule has 6 nitrogen and oxygen atoms in total. The minimum absolute atomic E-state index is 0.0519. The van der Waals surface area contributed by atoms with Crippen LogP contribution in [-0.2, 0) is 11.2 Å². The number of anilines is 1. The van der Waals surface area contributed by atoms with Gasteiger partial charge in [-0.3, -0.25) is 9.59 Å². The maximum absolute atomic E-state index is 14.7. The molecule has 2 heterocycles. The molecule has 1 amide bonds. The number of carboxylic acids is 1. The molecule has 5 rings (SSSR count). The minimum Gasteiger partial charge on any atom is -0.481 e. The first-order valence-electron chi connectivity index (χ1n) is 9.67. The molecule has 0 saturated heterocycles. The Labute approximate surface area is 184 Å². The van der Waals surface area contributed by atoms with Crippen LogP contribution in [0.5, 0.6) is 0 Å². The highest BCUT2D eigenvalue weighted by atomic mass is 32.1. The minimum atomic E-state index is -0.941. The van der Waals surface area contributed by atoms with Gasteiger partial charge in [0.1, 0.15) is 11.3 Å². The van der Waals surface area contributed by atoms with Crippen LogP contribution in [-0.4, -0.2) is 22.0 Å². The molecular weight excluding hydrogens is 431 g/mol. The summed E-state index contributed by atoms with van der Waals surface area (Å²) in [4.78, 5) is 28.3. The third-order valence-corrected chi connectivity index (χ3v) is 6.04. The van der Waals surface area contributed by atoms with Gasteiger partial charge < -0.3 is 14.8 Å². The van der Waals surface area contributed by atoms with E-state index in [-0.39, 0.29) is 23.9 Å². The number of carbonyl (C=O) groups is 2. The van der Waals surface area contributed by atoms with Gasteiger partial charge in [-0.25, -0.2) is 9.37 Å². The molecule has 0 radical (unpaired) electrons. The molecule has 0 aliphatic carbocycles. The lowest BCUT2D eigenvalue weighted by Crippen LogP contribution is -2.11. The first kappa shape index (κ1) is 19.9. The Morgan fingerprint density at radius 2 is 1.91 bits per heavy atom. The lowest BCUT2D eigenvalue weighted by atomic mass is 10.1. The molecule has 32 heavy (non-hydrogen) atoms. The normalized spacial score (nSPS) is 11.2. The van der Waals surface area contributed by atoms with Crippen LogP contribution in [0.3, 0.4) is 0 Å². The van der Waals surface area contributed by atoms with Crippen LogP contribution in [0.1, 0.15) is 15.2 Å². The number of aromatic nitrogens is 1. The fourth-order valence-corrected chi connectivity index (χ4v) is 4.37. The Balaban J connectivity index is 1.39. The maximum atomic E-state index is 14.7. The molecule has 5 aromatic rings. The standard InChI is InChI=1S/C24H15FN2O4S/c25-16-11-15(24-27-18-9-13(10-22(28)29)5-8-19(18)31-24)6-7-17(16)26-23(30)21-12-14-3-1-2-4-20(14)32-21/h1-9,11-12H,10H2,(H,26,30)(H,28,29). The average Bonchev–Trinajstić information content (AvgIpc) is 3.38. The van der Waals surface area contributed by atoms with E-state index in [2.05, 4.69) is 10.3 Å². The van der Waals surface area contributed by atoms with Gasteiger partial charge in [0.2, 0.25) is 5.89 Å². The van der Waals surface area contributed by atoms with Crippen molar-refractivity contribution in [2.45, 2.75) is 6.42 Å². The average molecular weight is 446 g/mol. The fourth-order valence-electron chi connectivity index (χ4n) is 3.41. The number of hydrogen-bond donors (Lipinski definition) is 2. The topological polar surface area (TPSA) is 92.4 Å². The van der Waals surface area contributed by atoms with Crippen LogP contribution < -0.4 is 5.32 Å². The second-order valence-corrected chi connectivity index (χ2v) is 8.27. The lowest BCUT2D eigenvalue weighted by Gasteiger charge is -2.06. The van der Waals surface area contributed by atoms with Crippen molar-refractivity contribution in [2.24, 2.45) is 0 Å². The quantitative estimate of drug-likeness (QED) is 0.360. The van der Waals surface area contributed by atoms with E-state index in [1.165, 1.54) is 23.5 Å². The molecule has 3 aromatic carbocycles. The third kappa shape index (κ3) is 3.83. The fraction of sp³-hybridized carbons (Fsp3) is 0.0417. The summed E-state index contributed by atoms with van der Waals surface area (Å²) in [6.45, 7) is 0. The summed E-state index contributed by atoms with van der Waals surface area (Å²) in [5, 5.41) is 12.5. The predicted octanol–water partition coefficient (Wildman–Crippen LogP) is 5.73. The van der Waals surface area contributed by atoms with Crippen LogP contribution in [0, 0.1) is 5.82 Å². The number of aliphatic carboxylic acids is 1. The number of carbonyl (C=O) groups excluding carboxylic acids is 1. The Morgan fingerprint density at radius 1 is 1.06 bits per heavy atom. The SMILES string of the molecule is O=C(O)Cc1ccc2oc(-c3ccc(NC(=O)c4cc5ccccc5s4)c(F)c3)nc2c1. The van der Waals surface area contributed by atoms with Crippen molar-refractivity contribution in [1.82, 2.24) is 4.98 Å². The monoisotopic (exact) mass is 446 g/mol. The van der Waals surface area contributed by atoms with E-state index in [1.807, 2.05) is 24.3 Å². The van der Waals surface area contributed by atoms with E-state index in [1.54, 1.807) is 30.3 Å². The molecule has 0 bridgehead atoms. The van der Waals surface area contributed by atoms with E-state index in [9.17, 15) is 14.0 Å². The number of nitrogens with one attached hydrogen (secondary N) is 1. The van der Waals surface area contributed by atoms with Gasteiger partial charge in [0, 0.05) is 10.3 Å². The Bertz CT molecular complexity index is 1470. The van der Waals surface area contributed by atoms with Crippen molar-refractivity contribution in [3.63, 3.8) is 0 Å². The number of thiophene rings is 1. The molecule has 0 atom stereocenters. The summed E-state index contributed by atoms with van der Waals surface area (Å²) in [6.07, 6.45) is -0.124. The van der Waals surface area contributed by atoms with Gasteiger partial charge in [0.05, 0.1) is 17.0 Å². The summed E-state index contributed by atoms with van der Waals surface area (Å²) >= 11 is 1.34. The Kier molecular flexibility index (Phi) is 4.91. The van der Waals surface area contributed by atoms with Crippen LogP contribution in [0.25, 0.3) is 32.6 Å². The number of oxazole rings is 1. The van der Waals surface area contributed by atoms with Crippen molar-refractivity contribution < 1.29 is 23.5 Å². The van der Waals surface area contributed by atoms with E-state index >= 15 is 0 Å². The zero-order valence-electron chi connectivity index (χ0n) is 16.5. The number of rotatable bonds is 5. The van der Waals surface area contributed by atoms with E-state index in [4.69, 9.17) is 9.52 Å². The smallest absolute Gasteiger partial charge is 0.307 e.